The van der Waals surface area contributed by atoms with Gasteiger partial charge in [0.15, 0.2) is 6.29 Å². The summed E-state index contributed by atoms with van der Waals surface area (Å²) in [6.45, 7) is 3.90. The second-order valence-electron chi connectivity index (χ2n) is 4.87. The molecule has 3 nitrogen and oxygen atoms in total. The monoisotopic (exact) mass is 296 g/mol. The van der Waals surface area contributed by atoms with Gasteiger partial charge in [-0.3, -0.25) is 9.48 Å². The third-order valence-electron chi connectivity index (χ3n) is 3.39. The van der Waals surface area contributed by atoms with E-state index in [0.717, 1.165) is 18.6 Å². The average molecular weight is 296 g/mol. The van der Waals surface area contributed by atoms with Gasteiger partial charge in [-0.25, -0.2) is 0 Å². The van der Waals surface area contributed by atoms with Crippen LogP contribution in [0.1, 0.15) is 42.2 Å². The van der Waals surface area contributed by atoms with Gasteiger partial charge in [-0.2, -0.15) is 18.3 Å². The Balaban J connectivity index is 2.51. The normalized spacial score (nSPS) is 13.2. The van der Waals surface area contributed by atoms with E-state index in [0.29, 0.717) is 6.29 Å². The van der Waals surface area contributed by atoms with Crippen LogP contribution in [0.25, 0.3) is 11.3 Å². The number of halogens is 3. The molecule has 21 heavy (non-hydrogen) atoms. The van der Waals surface area contributed by atoms with E-state index in [2.05, 4.69) is 5.10 Å². The summed E-state index contributed by atoms with van der Waals surface area (Å²) in [7, 11) is 0. The first-order valence-electron chi connectivity index (χ1n) is 6.58. The third-order valence-corrected chi connectivity index (χ3v) is 3.39. The van der Waals surface area contributed by atoms with Gasteiger partial charge in [0.1, 0.15) is 5.69 Å². The molecule has 1 heterocycles. The van der Waals surface area contributed by atoms with Crippen molar-refractivity contribution >= 4 is 6.29 Å². The zero-order valence-corrected chi connectivity index (χ0v) is 11.7. The molecule has 0 spiro atoms. The van der Waals surface area contributed by atoms with Crippen LogP contribution in [-0.2, 0) is 6.18 Å². The summed E-state index contributed by atoms with van der Waals surface area (Å²) in [4.78, 5) is 11.1. The molecule has 112 valence electrons. The summed E-state index contributed by atoms with van der Waals surface area (Å²) >= 11 is 0. The van der Waals surface area contributed by atoms with Crippen LogP contribution in [0.4, 0.5) is 13.2 Å². The highest BCUT2D eigenvalue weighted by molar-refractivity contribution is 5.85. The van der Waals surface area contributed by atoms with Crippen molar-refractivity contribution in [2.45, 2.75) is 32.5 Å². The molecular formula is C15H15F3N2O. The first-order valence-corrected chi connectivity index (χ1v) is 6.58. The van der Waals surface area contributed by atoms with Crippen LogP contribution in [0.5, 0.6) is 0 Å². The van der Waals surface area contributed by atoms with Crippen molar-refractivity contribution in [3.05, 3.63) is 41.6 Å². The van der Waals surface area contributed by atoms with E-state index in [1.807, 2.05) is 13.8 Å². The van der Waals surface area contributed by atoms with E-state index < -0.39 is 11.7 Å². The average Bonchev–Trinajstić information content (AvgIpc) is 2.90. The summed E-state index contributed by atoms with van der Waals surface area (Å²) in [6.07, 6.45) is -1.43. The molecule has 1 atom stereocenters. The van der Waals surface area contributed by atoms with Crippen molar-refractivity contribution in [3.63, 3.8) is 0 Å². The van der Waals surface area contributed by atoms with Gasteiger partial charge in [-0.15, -0.1) is 0 Å². The molecule has 2 rings (SSSR count). The lowest BCUT2D eigenvalue weighted by Crippen LogP contribution is -2.05. The zero-order valence-electron chi connectivity index (χ0n) is 11.7. The minimum absolute atomic E-state index is 0.0725. The molecule has 1 unspecified atom stereocenters. The van der Waals surface area contributed by atoms with E-state index >= 15 is 0 Å². The van der Waals surface area contributed by atoms with E-state index in [9.17, 15) is 18.0 Å². The molecule has 2 aromatic rings. The maximum absolute atomic E-state index is 12.8. The Bertz CT molecular complexity index is 647. The Morgan fingerprint density at radius 3 is 2.67 bits per heavy atom. The number of aromatic nitrogens is 2. The van der Waals surface area contributed by atoms with Crippen LogP contribution >= 0.6 is 0 Å². The predicted molar refractivity (Wildman–Crippen MR) is 73.1 cm³/mol. The largest absolute Gasteiger partial charge is 0.416 e. The first kappa shape index (κ1) is 15.3. The Hall–Kier alpha value is -2.11. The smallest absolute Gasteiger partial charge is 0.298 e. The SMILES string of the molecule is CCC(C)n1cc(C=O)c(-c2cccc(C(F)(F)F)c2)n1. The number of carbonyl (C=O) groups is 1. The molecule has 0 aliphatic carbocycles. The van der Waals surface area contributed by atoms with Crippen LogP contribution in [0, 0.1) is 0 Å². The summed E-state index contributed by atoms with van der Waals surface area (Å²) in [5.74, 6) is 0. The van der Waals surface area contributed by atoms with Gasteiger partial charge >= 0.3 is 6.18 Å². The fraction of sp³-hybridized carbons (Fsp3) is 0.333. The lowest BCUT2D eigenvalue weighted by molar-refractivity contribution is -0.137. The molecule has 0 fully saturated rings. The topological polar surface area (TPSA) is 34.9 Å². The Morgan fingerprint density at radius 2 is 2.10 bits per heavy atom. The van der Waals surface area contributed by atoms with Crippen molar-refractivity contribution in [2.75, 3.05) is 0 Å². The van der Waals surface area contributed by atoms with Crippen molar-refractivity contribution in [2.24, 2.45) is 0 Å². The van der Waals surface area contributed by atoms with Crippen molar-refractivity contribution in [3.8, 4) is 11.3 Å². The Labute approximate surface area is 120 Å². The van der Waals surface area contributed by atoms with Crippen LogP contribution in [0.15, 0.2) is 30.5 Å². The Morgan fingerprint density at radius 1 is 1.38 bits per heavy atom. The molecule has 1 aromatic carbocycles. The maximum atomic E-state index is 12.8. The van der Waals surface area contributed by atoms with Crippen molar-refractivity contribution < 1.29 is 18.0 Å². The van der Waals surface area contributed by atoms with Gasteiger partial charge < -0.3 is 0 Å². The quantitative estimate of drug-likeness (QED) is 0.786. The molecule has 6 heteroatoms. The summed E-state index contributed by atoms with van der Waals surface area (Å²) in [5.41, 5.74) is 0.0925. The fourth-order valence-electron chi connectivity index (χ4n) is 1.97. The molecule has 1 aromatic heterocycles. The number of hydrogen-bond donors (Lipinski definition) is 0. The van der Waals surface area contributed by atoms with Gasteiger partial charge in [0, 0.05) is 17.8 Å². The standard InChI is InChI=1S/C15H15F3N2O/c1-3-10(2)20-8-12(9-21)14(19-20)11-5-4-6-13(7-11)15(16,17)18/h4-10H,3H2,1-2H3. The van der Waals surface area contributed by atoms with E-state index in [1.54, 1.807) is 10.9 Å². The highest BCUT2D eigenvalue weighted by atomic mass is 19.4. The van der Waals surface area contributed by atoms with Gasteiger partial charge in [0.25, 0.3) is 0 Å². The lowest BCUT2D eigenvalue weighted by Gasteiger charge is -2.09. The molecule has 0 bridgehead atoms. The number of alkyl halides is 3. The van der Waals surface area contributed by atoms with Gasteiger partial charge in [0.05, 0.1) is 11.1 Å². The highest BCUT2D eigenvalue weighted by Gasteiger charge is 2.30. The highest BCUT2D eigenvalue weighted by Crippen LogP contribution is 2.32. The summed E-state index contributed by atoms with van der Waals surface area (Å²) < 4.78 is 39.9. The van der Waals surface area contributed by atoms with E-state index in [4.69, 9.17) is 0 Å². The van der Waals surface area contributed by atoms with Gasteiger partial charge in [0.2, 0.25) is 0 Å². The van der Waals surface area contributed by atoms with Crippen molar-refractivity contribution in [1.29, 1.82) is 0 Å². The maximum Gasteiger partial charge on any atom is 0.416 e. The number of benzene rings is 1. The predicted octanol–water partition coefficient (Wildman–Crippen LogP) is 4.35. The number of aldehydes is 1. The minimum atomic E-state index is -4.42. The molecule has 0 N–H and O–H groups in total. The van der Waals surface area contributed by atoms with Crippen LogP contribution in [0.3, 0.4) is 0 Å². The number of hydrogen-bond acceptors (Lipinski definition) is 2. The molecule has 0 amide bonds. The summed E-state index contributed by atoms with van der Waals surface area (Å²) in [5, 5.41) is 4.26. The number of rotatable bonds is 4. The minimum Gasteiger partial charge on any atom is -0.298 e. The van der Waals surface area contributed by atoms with Crippen LogP contribution in [0.2, 0.25) is 0 Å². The molecule has 0 radical (unpaired) electrons. The molecule has 0 aliphatic heterocycles. The van der Waals surface area contributed by atoms with Crippen molar-refractivity contribution in [1.82, 2.24) is 9.78 Å². The number of nitrogens with zero attached hydrogens (tertiary/aromatic N) is 2. The van der Waals surface area contributed by atoms with Crippen LogP contribution in [-0.4, -0.2) is 16.1 Å². The lowest BCUT2D eigenvalue weighted by atomic mass is 10.1. The molecule has 0 saturated carbocycles. The molecular weight excluding hydrogens is 281 g/mol. The second-order valence-corrected chi connectivity index (χ2v) is 4.87. The van der Waals surface area contributed by atoms with E-state index in [1.165, 1.54) is 12.1 Å². The van der Waals surface area contributed by atoms with Gasteiger partial charge in [-0.1, -0.05) is 19.1 Å². The van der Waals surface area contributed by atoms with E-state index in [-0.39, 0.29) is 22.9 Å². The van der Waals surface area contributed by atoms with Crippen LogP contribution < -0.4 is 0 Å². The first-order chi connectivity index (χ1) is 9.86. The molecule has 0 saturated heterocycles. The summed E-state index contributed by atoms with van der Waals surface area (Å²) in [6, 6.07) is 4.91. The number of carbonyl (C=O) groups excluding carboxylic acids is 1. The second kappa shape index (κ2) is 5.71. The van der Waals surface area contributed by atoms with Gasteiger partial charge in [-0.05, 0) is 25.5 Å². The Kier molecular flexibility index (Phi) is 4.16. The fourth-order valence-corrected chi connectivity index (χ4v) is 1.97. The zero-order chi connectivity index (χ0) is 15.6. The third kappa shape index (κ3) is 3.15. The molecule has 0 aliphatic rings.